The monoisotopic (exact) mass is 216 g/mol. The van der Waals surface area contributed by atoms with Crippen LogP contribution in [0.5, 0.6) is 5.75 Å². The van der Waals surface area contributed by atoms with E-state index in [2.05, 4.69) is 30.2 Å². The quantitative estimate of drug-likeness (QED) is 0.530. The van der Waals surface area contributed by atoms with Gasteiger partial charge in [0.25, 0.3) is 0 Å². The van der Waals surface area contributed by atoms with Crippen molar-refractivity contribution < 1.29 is 4.74 Å². The molecule has 0 fully saturated rings. The Labute approximate surface area is 95.5 Å². The summed E-state index contributed by atoms with van der Waals surface area (Å²) >= 11 is 0. The lowest BCUT2D eigenvalue weighted by Gasteiger charge is -2.31. The number of hydrogen-bond donors (Lipinski definition) is 1. The molecule has 0 aliphatic carbocycles. The van der Waals surface area contributed by atoms with Crippen LogP contribution in [0.1, 0.15) is 17.0 Å². The summed E-state index contributed by atoms with van der Waals surface area (Å²) in [7, 11) is 2.14. The Kier molecular flexibility index (Phi) is 2.14. The van der Waals surface area contributed by atoms with E-state index in [1.165, 1.54) is 11.1 Å². The highest BCUT2D eigenvalue weighted by atomic mass is 16.5. The summed E-state index contributed by atoms with van der Waals surface area (Å²) in [6.45, 7) is 2.67. The van der Waals surface area contributed by atoms with Crippen LogP contribution in [0.25, 0.3) is 0 Å². The fourth-order valence-corrected chi connectivity index (χ4v) is 2.68. The molecule has 0 saturated carbocycles. The van der Waals surface area contributed by atoms with Crippen molar-refractivity contribution in [2.24, 2.45) is 0 Å². The second-order valence-electron chi connectivity index (χ2n) is 4.63. The van der Waals surface area contributed by atoms with Crippen molar-refractivity contribution in [3.05, 3.63) is 35.4 Å². The Morgan fingerprint density at radius 2 is 2.31 bits per heavy atom. The first kappa shape index (κ1) is 9.73. The third kappa shape index (κ3) is 1.48. The highest BCUT2D eigenvalue weighted by Crippen LogP contribution is 2.38. The number of benzene rings is 1. The van der Waals surface area contributed by atoms with Gasteiger partial charge < -0.3 is 15.4 Å². The van der Waals surface area contributed by atoms with Crippen LogP contribution in [0.3, 0.4) is 0 Å². The van der Waals surface area contributed by atoms with Crippen molar-refractivity contribution in [3.8, 4) is 5.75 Å². The summed E-state index contributed by atoms with van der Waals surface area (Å²) in [5, 5.41) is 0. The van der Waals surface area contributed by atoms with Crippen molar-refractivity contribution in [2.75, 3.05) is 25.9 Å². The summed E-state index contributed by atoms with van der Waals surface area (Å²) in [6.07, 6.45) is 4.35. The van der Waals surface area contributed by atoms with Crippen LogP contribution in [-0.4, -0.2) is 25.1 Å². The van der Waals surface area contributed by atoms with E-state index in [-0.39, 0.29) is 0 Å². The lowest BCUT2D eigenvalue weighted by atomic mass is 9.88. The van der Waals surface area contributed by atoms with Gasteiger partial charge in [-0.15, -0.1) is 0 Å². The van der Waals surface area contributed by atoms with Crippen molar-refractivity contribution in [3.63, 3.8) is 0 Å². The molecule has 3 heteroatoms. The Hall–Kier alpha value is -1.48. The van der Waals surface area contributed by atoms with Gasteiger partial charge in [-0.3, -0.25) is 0 Å². The maximum absolute atomic E-state index is 5.91. The van der Waals surface area contributed by atoms with Crippen molar-refractivity contribution in [2.45, 2.75) is 12.5 Å². The number of hydrogen-bond acceptors (Lipinski definition) is 3. The summed E-state index contributed by atoms with van der Waals surface area (Å²) < 4.78 is 5.73. The maximum atomic E-state index is 5.91. The minimum Gasteiger partial charge on any atom is -0.489 e. The molecule has 0 spiro atoms. The van der Waals surface area contributed by atoms with Crippen molar-refractivity contribution in [1.82, 2.24) is 4.90 Å². The van der Waals surface area contributed by atoms with E-state index in [1.807, 2.05) is 6.07 Å². The van der Waals surface area contributed by atoms with Crippen LogP contribution in [-0.2, 0) is 6.54 Å². The average Bonchev–Trinajstić information content (AvgIpc) is 2.40. The average molecular weight is 216 g/mol. The summed E-state index contributed by atoms with van der Waals surface area (Å²) in [6, 6.07) is 4.02. The van der Waals surface area contributed by atoms with Gasteiger partial charge in [-0.2, -0.15) is 0 Å². The topological polar surface area (TPSA) is 38.5 Å². The van der Waals surface area contributed by atoms with Gasteiger partial charge in [0, 0.05) is 36.3 Å². The third-order valence-corrected chi connectivity index (χ3v) is 3.27. The van der Waals surface area contributed by atoms with Crippen LogP contribution in [0, 0.1) is 0 Å². The van der Waals surface area contributed by atoms with E-state index in [9.17, 15) is 0 Å². The number of nitrogen functional groups attached to an aromatic ring is 1. The van der Waals surface area contributed by atoms with Gasteiger partial charge >= 0.3 is 0 Å². The number of nitrogens with two attached hydrogens (primary N) is 1. The highest BCUT2D eigenvalue weighted by Gasteiger charge is 2.26. The van der Waals surface area contributed by atoms with Crippen LogP contribution >= 0.6 is 0 Å². The molecule has 0 radical (unpaired) electrons. The zero-order valence-electron chi connectivity index (χ0n) is 9.44. The second-order valence-corrected chi connectivity index (χ2v) is 4.63. The molecule has 1 unspecified atom stereocenters. The number of ether oxygens (including phenoxy) is 1. The van der Waals surface area contributed by atoms with Crippen molar-refractivity contribution >= 4 is 5.69 Å². The molecule has 0 saturated heterocycles. The highest BCUT2D eigenvalue weighted by molar-refractivity contribution is 5.56. The Balaban J connectivity index is 2.19. The smallest absolute Gasteiger partial charge is 0.125 e. The number of nitrogens with zero attached hydrogens (tertiary/aromatic N) is 1. The van der Waals surface area contributed by atoms with Gasteiger partial charge in [0.05, 0.1) is 0 Å². The van der Waals surface area contributed by atoms with Crippen LogP contribution in [0.2, 0.25) is 0 Å². The van der Waals surface area contributed by atoms with Gasteiger partial charge in [0.1, 0.15) is 12.4 Å². The van der Waals surface area contributed by atoms with E-state index in [4.69, 9.17) is 10.5 Å². The predicted octanol–water partition coefficient (Wildman–Crippen LogP) is 1.75. The first-order valence-electron chi connectivity index (χ1n) is 5.64. The molecule has 3 nitrogen and oxygen atoms in total. The second kappa shape index (κ2) is 3.52. The number of anilines is 1. The summed E-state index contributed by atoms with van der Waals surface area (Å²) in [5.74, 6) is 1.42. The van der Waals surface area contributed by atoms with E-state index in [0.717, 1.165) is 24.5 Å². The van der Waals surface area contributed by atoms with Crippen LogP contribution in [0.15, 0.2) is 24.3 Å². The minimum absolute atomic E-state index is 0.451. The first-order chi connectivity index (χ1) is 7.74. The van der Waals surface area contributed by atoms with Gasteiger partial charge in [-0.1, -0.05) is 12.2 Å². The molecule has 16 heavy (non-hydrogen) atoms. The Morgan fingerprint density at radius 3 is 3.19 bits per heavy atom. The molecule has 0 amide bonds. The zero-order valence-corrected chi connectivity index (χ0v) is 9.44. The number of rotatable bonds is 0. The van der Waals surface area contributed by atoms with Gasteiger partial charge in [-0.25, -0.2) is 0 Å². The largest absolute Gasteiger partial charge is 0.489 e. The molecule has 2 N–H and O–H groups in total. The molecule has 2 aliphatic heterocycles. The van der Waals surface area contributed by atoms with Crippen LogP contribution < -0.4 is 10.5 Å². The molecule has 3 rings (SSSR count). The van der Waals surface area contributed by atoms with E-state index in [1.54, 1.807) is 0 Å². The predicted molar refractivity (Wildman–Crippen MR) is 64.6 cm³/mol. The zero-order chi connectivity index (χ0) is 11.1. The fourth-order valence-electron chi connectivity index (χ4n) is 2.68. The molecule has 1 aromatic carbocycles. The van der Waals surface area contributed by atoms with Gasteiger partial charge in [-0.05, 0) is 18.7 Å². The fraction of sp³-hybridized carbons (Fsp3) is 0.385. The minimum atomic E-state index is 0.451. The standard InChI is InChI=1S/C13H16N2O/c1-15-7-9-3-2-4-16-12-6-11(14)5-10(8-15)13(9)12/h2-3,5-6,9H,4,7-8,14H2,1H3. The molecule has 0 bridgehead atoms. The molecular weight excluding hydrogens is 200 g/mol. The van der Waals surface area contributed by atoms with Gasteiger partial charge in [0.15, 0.2) is 0 Å². The molecule has 0 aromatic heterocycles. The van der Waals surface area contributed by atoms with Crippen LogP contribution in [0.4, 0.5) is 5.69 Å². The molecule has 2 heterocycles. The lowest BCUT2D eigenvalue weighted by Crippen LogP contribution is -2.29. The normalized spacial score (nSPS) is 23.4. The summed E-state index contributed by atoms with van der Waals surface area (Å²) in [4.78, 5) is 2.33. The van der Waals surface area contributed by atoms with Gasteiger partial charge in [0.2, 0.25) is 0 Å². The molecule has 84 valence electrons. The molecule has 1 atom stereocenters. The molecular formula is C13H16N2O. The number of likely N-dealkylation sites (N-methyl/N-ethyl adjacent to an activating group) is 1. The van der Waals surface area contributed by atoms with Crippen molar-refractivity contribution in [1.29, 1.82) is 0 Å². The maximum Gasteiger partial charge on any atom is 0.125 e. The Morgan fingerprint density at radius 1 is 1.44 bits per heavy atom. The molecule has 1 aromatic rings. The SMILES string of the molecule is CN1Cc2cc(N)cc3c2C(C=CCO3)C1. The lowest BCUT2D eigenvalue weighted by molar-refractivity contribution is 0.292. The van der Waals surface area contributed by atoms with E-state index >= 15 is 0 Å². The third-order valence-electron chi connectivity index (χ3n) is 3.27. The summed E-state index contributed by atoms with van der Waals surface area (Å²) in [5.41, 5.74) is 9.34. The Bertz CT molecular complexity index is 453. The van der Waals surface area contributed by atoms with E-state index < -0.39 is 0 Å². The first-order valence-corrected chi connectivity index (χ1v) is 5.64. The molecule has 2 aliphatic rings. The van der Waals surface area contributed by atoms with E-state index in [0.29, 0.717) is 12.5 Å².